The maximum Gasteiger partial charge on any atom is 0.0685 e. The first kappa shape index (κ1) is 12.6. The highest BCUT2D eigenvalue weighted by Gasteiger charge is 2.50. The fourth-order valence-corrected chi connectivity index (χ4v) is 5.65. The van der Waals surface area contributed by atoms with Crippen LogP contribution in [-0.4, -0.2) is 25.3 Å². The van der Waals surface area contributed by atoms with Gasteiger partial charge in [0.1, 0.15) is 0 Å². The van der Waals surface area contributed by atoms with Crippen LogP contribution in [0.25, 0.3) is 0 Å². The number of ether oxygens (including phenoxy) is 1. The van der Waals surface area contributed by atoms with E-state index in [1.54, 1.807) is 6.42 Å². The van der Waals surface area contributed by atoms with Crippen molar-refractivity contribution in [2.24, 2.45) is 23.7 Å². The van der Waals surface area contributed by atoms with Gasteiger partial charge in [0.15, 0.2) is 0 Å². The molecule has 19 heavy (non-hydrogen) atoms. The van der Waals surface area contributed by atoms with Gasteiger partial charge in [-0.2, -0.15) is 0 Å². The van der Waals surface area contributed by atoms with Gasteiger partial charge in [-0.25, -0.2) is 0 Å². The quantitative estimate of drug-likeness (QED) is 0.843. The van der Waals surface area contributed by atoms with E-state index in [1.807, 2.05) is 0 Å². The summed E-state index contributed by atoms with van der Waals surface area (Å²) in [6, 6.07) is 0.772. The molecule has 4 rings (SSSR count). The number of rotatable bonds is 3. The molecule has 1 N–H and O–H groups in total. The van der Waals surface area contributed by atoms with Gasteiger partial charge in [0, 0.05) is 12.6 Å². The predicted octanol–water partition coefficient (Wildman–Crippen LogP) is 3.36. The number of hydrogen-bond donors (Lipinski definition) is 1. The lowest BCUT2D eigenvalue weighted by Gasteiger charge is -2.43. The van der Waals surface area contributed by atoms with E-state index in [-0.39, 0.29) is 0 Å². The molecule has 4 aliphatic rings. The van der Waals surface area contributed by atoms with Crippen LogP contribution in [-0.2, 0) is 4.74 Å². The van der Waals surface area contributed by atoms with Crippen molar-refractivity contribution in [3.63, 3.8) is 0 Å². The zero-order chi connectivity index (χ0) is 12.9. The van der Waals surface area contributed by atoms with Gasteiger partial charge in [-0.1, -0.05) is 12.8 Å². The first-order valence-corrected chi connectivity index (χ1v) is 8.61. The second-order valence-corrected chi connectivity index (χ2v) is 7.79. The zero-order valence-corrected chi connectivity index (χ0v) is 12.4. The van der Waals surface area contributed by atoms with Gasteiger partial charge >= 0.3 is 0 Å². The Morgan fingerprint density at radius 1 is 1.05 bits per heavy atom. The van der Waals surface area contributed by atoms with Gasteiger partial charge in [0.25, 0.3) is 0 Å². The Kier molecular flexibility index (Phi) is 3.15. The second-order valence-electron chi connectivity index (χ2n) is 7.79. The fraction of sp³-hybridized carbons (Fsp3) is 1.00. The predicted molar refractivity (Wildman–Crippen MR) is 77.0 cm³/mol. The van der Waals surface area contributed by atoms with Crippen molar-refractivity contribution in [3.8, 4) is 0 Å². The Balaban J connectivity index is 1.44. The van der Waals surface area contributed by atoms with Crippen LogP contribution >= 0.6 is 0 Å². The minimum Gasteiger partial charge on any atom is -0.375 e. The maximum atomic E-state index is 6.22. The van der Waals surface area contributed by atoms with E-state index in [0.717, 1.165) is 36.3 Å². The SMILES string of the molecule is CNC(C1CC2CC2C1)C1CCOC2(CCCC2)C1. The third-order valence-corrected chi connectivity index (χ3v) is 6.67. The molecule has 1 saturated heterocycles. The summed E-state index contributed by atoms with van der Waals surface area (Å²) >= 11 is 0. The Bertz CT molecular complexity index is 326. The van der Waals surface area contributed by atoms with Crippen molar-refractivity contribution < 1.29 is 4.74 Å². The van der Waals surface area contributed by atoms with Crippen LogP contribution in [0.3, 0.4) is 0 Å². The highest BCUT2D eigenvalue weighted by Crippen LogP contribution is 2.56. The molecule has 0 aromatic rings. The molecule has 108 valence electrons. The highest BCUT2D eigenvalue weighted by molar-refractivity contribution is 5.02. The molecule has 0 aromatic carbocycles. The topological polar surface area (TPSA) is 21.3 Å². The fourth-order valence-electron chi connectivity index (χ4n) is 5.65. The van der Waals surface area contributed by atoms with Crippen molar-refractivity contribution >= 4 is 0 Å². The Labute approximate surface area is 117 Å². The second kappa shape index (κ2) is 4.73. The van der Waals surface area contributed by atoms with Gasteiger partial charge in [-0.05, 0) is 75.7 Å². The molecule has 3 saturated carbocycles. The lowest BCUT2D eigenvalue weighted by atomic mass is 9.75. The minimum absolute atomic E-state index is 0.291. The molecule has 2 heteroatoms. The third-order valence-electron chi connectivity index (χ3n) is 6.67. The van der Waals surface area contributed by atoms with Gasteiger partial charge in [-0.3, -0.25) is 0 Å². The molecule has 3 aliphatic carbocycles. The van der Waals surface area contributed by atoms with Gasteiger partial charge < -0.3 is 10.1 Å². The summed E-state index contributed by atoms with van der Waals surface area (Å²) in [5.74, 6) is 4.07. The molecule has 0 aromatic heterocycles. The van der Waals surface area contributed by atoms with Gasteiger partial charge in [-0.15, -0.1) is 0 Å². The van der Waals surface area contributed by atoms with Crippen molar-refractivity contribution in [2.45, 2.75) is 69.4 Å². The van der Waals surface area contributed by atoms with Gasteiger partial charge in [0.05, 0.1) is 5.60 Å². The van der Waals surface area contributed by atoms with Crippen molar-refractivity contribution in [3.05, 3.63) is 0 Å². The van der Waals surface area contributed by atoms with E-state index >= 15 is 0 Å². The van der Waals surface area contributed by atoms with E-state index in [9.17, 15) is 0 Å². The normalized spacial score (nSPS) is 45.3. The first-order chi connectivity index (χ1) is 9.30. The first-order valence-electron chi connectivity index (χ1n) is 8.61. The lowest BCUT2D eigenvalue weighted by Crippen LogP contribution is -2.47. The van der Waals surface area contributed by atoms with E-state index < -0.39 is 0 Å². The molecular weight excluding hydrogens is 234 g/mol. The summed E-state index contributed by atoms with van der Waals surface area (Å²) in [5.41, 5.74) is 0.291. The maximum absolute atomic E-state index is 6.22. The minimum atomic E-state index is 0.291. The highest BCUT2D eigenvalue weighted by atomic mass is 16.5. The molecule has 0 amide bonds. The number of nitrogens with one attached hydrogen (secondary N) is 1. The largest absolute Gasteiger partial charge is 0.375 e. The van der Waals surface area contributed by atoms with Crippen LogP contribution in [0, 0.1) is 23.7 Å². The molecule has 4 unspecified atom stereocenters. The molecule has 1 aliphatic heterocycles. The van der Waals surface area contributed by atoms with Crippen molar-refractivity contribution in [1.82, 2.24) is 5.32 Å². The van der Waals surface area contributed by atoms with Crippen LogP contribution < -0.4 is 5.32 Å². The molecular formula is C17H29NO. The molecule has 1 spiro atoms. The van der Waals surface area contributed by atoms with Gasteiger partial charge in [0.2, 0.25) is 0 Å². The summed E-state index contributed by atoms with van der Waals surface area (Å²) in [6.45, 7) is 1.02. The summed E-state index contributed by atoms with van der Waals surface area (Å²) in [5, 5.41) is 3.71. The molecule has 4 fully saturated rings. The average molecular weight is 263 g/mol. The molecule has 0 radical (unpaired) electrons. The molecule has 1 heterocycles. The lowest BCUT2D eigenvalue weighted by molar-refractivity contribution is -0.101. The monoisotopic (exact) mass is 263 g/mol. The van der Waals surface area contributed by atoms with Crippen LogP contribution in [0.2, 0.25) is 0 Å². The number of fused-ring (bicyclic) bond motifs is 1. The molecule has 4 atom stereocenters. The molecule has 0 bridgehead atoms. The van der Waals surface area contributed by atoms with Crippen molar-refractivity contribution in [2.75, 3.05) is 13.7 Å². The summed E-state index contributed by atoms with van der Waals surface area (Å²) < 4.78 is 6.22. The van der Waals surface area contributed by atoms with E-state index in [2.05, 4.69) is 12.4 Å². The smallest absolute Gasteiger partial charge is 0.0685 e. The summed E-state index contributed by atoms with van der Waals surface area (Å²) in [4.78, 5) is 0. The zero-order valence-electron chi connectivity index (χ0n) is 12.4. The third kappa shape index (κ3) is 2.25. The molecule has 2 nitrogen and oxygen atoms in total. The van der Waals surface area contributed by atoms with E-state index in [1.165, 1.54) is 51.4 Å². The van der Waals surface area contributed by atoms with Crippen molar-refractivity contribution in [1.29, 1.82) is 0 Å². The standard InChI is InChI=1S/C17H29NO/c1-18-16(15-9-13-8-14(13)10-15)12-4-7-19-17(11-12)5-2-3-6-17/h12-16,18H,2-11H2,1H3. The van der Waals surface area contributed by atoms with Crippen LogP contribution in [0.1, 0.15) is 57.8 Å². The average Bonchev–Trinajstić information content (AvgIpc) is 2.84. The van der Waals surface area contributed by atoms with E-state index in [4.69, 9.17) is 4.74 Å². The van der Waals surface area contributed by atoms with E-state index in [0.29, 0.717) is 5.60 Å². The van der Waals surface area contributed by atoms with Crippen LogP contribution in [0.15, 0.2) is 0 Å². The summed E-state index contributed by atoms with van der Waals surface area (Å²) in [7, 11) is 2.20. The van der Waals surface area contributed by atoms with Crippen LogP contribution in [0.5, 0.6) is 0 Å². The number of hydrogen-bond acceptors (Lipinski definition) is 2. The Morgan fingerprint density at radius 2 is 1.79 bits per heavy atom. The Morgan fingerprint density at radius 3 is 2.47 bits per heavy atom. The van der Waals surface area contributed by atoms with Crippen LogP contribution in [0.4, 0.5) is 0 Å². The Hall–Kier alpha value is -0.0800. The summed E-state index contributed by atoms with van der Waals surface area (Å²) in [6.07, 6.45) is 12.6.